The van der Waals surface area contributed by atoms with Crippen LogP contribution in [0.2, 0.25) is 0 Å². The van der Waals surface area contributed by atoms with Crippen LogP contribution in [-0.4, -0.2) is 18.8 Å². The number of rotatable bonds is 6. The van der Waals surface area contributed by atoms with Crippen molar-refractivity contribution in [2.45, 2.75) is 63.5 Å². The Morgan fingerprint density at radius 3 is 2.46 bits per heavy atom. The van der Waals surface area contributed by atoms with Crippen LogP contribution >= 0.6 is 0 Å². The van der Waals surface area contributed by atoms with Gasteiger partial charge in [-0.2, -0.15) is 0 Å². The molecule has 0 amide bonds. The summed E-state index contributed by atoms with van der Waals surface area (Å²) < 4.78 is 5.54. The van der Waals surface area contributed by atoms with Crippen molar-refractivity contribution < 1.29 is 4.74 Å². The van der Waals surface area contributed by atoms with Crippen molar-refractivity contribution in [1.82, 2.24) is 0 Å². The van der Waals surface area contributed by atoms with Gasteiger partial charge >= 0.3 is 0 Å². The van der Waals surface area contributed by atoms with Gasteiger partial charge in [0.15, 0.2) is 0 Å². The second kappa shape index (κ2) is 4.97. The lowest BCUT2D eigenvalue weighted by Gasteiger charge is -2.45. The number of nitrogens with two attached hydrogens (primary N) is 1. The summed E-state index contributed by atoms with van der Waals surface area (Å²) in [5.74, 6) is 0. The Hall–Kier alpha value is -0.0800. The summed E-state index contributed by atoms with van der Waals surface area (Å²) in [6.45, 7) is 2.22. The summed E-state index contributed by atoms with van der Waals surface area (Å²) in [7, 11) is 1.80. The first-order valence-electron chi connectivity index (χ1n) is 5.56. The summed E-state index contributed by atoms with van der Waals surface area (Å²) in [4.78, 5) is 0. The van der Waals surface area contributed by atoms with E-state index in [1.807, 2.05) is 0 Å². The molecule has 0 radical (unpaired) electrons. The molecule has 1 fully saturated rings. The van der Waals surface area contributed by atoms with Gasteiger partial charge in [-0.05, 0) is 25.7 Å². The maximum absolute atomic E-state index is 6.14. The number of ether oxygens (including phenoxy) is 1. The van der Waals surface area contributed by atoms with E-state index in [2.05, 4.69) is 6.92 Å². The van der Waals surface area contributed by atoms with Crippen LogP contribution in [0.1, 0.15) is 51.9 Å². The molecule has 13 heavy (non-hydrogen) atoms. The first kappa shape index (κ1) is 11.0. The predicted molar refractivity (Wildman–Crippen MR) is 55.7 cm³/mol. The Bertz CT molecular complexity index is 138. The van der Waals surface area contributed by atoms with Gasteiger partial charge in [0.25, 0.3) is 0 Å². The maximum atomic E-state index is 6.14. The molecule has 0 aromatic rings. The molecule has 0 aromatic heterocycles. The molecule has 0 saturated heterocycles. The fourth-order valence-electron chi connectivity index (χ4n) is 2.13. The topological polar surface area (TPSA) is 35.2 Å². The molecule has 1 rings (SSSR count). The predicted octanol–water partition coefficient (Wildman–Crippen LogP) is 2.46. The number of unbranched alkanes of at least 4 members (excludes halogenated alkanes) is 2. The van der Waals surface area contributed by atoms with E-state index in [-0.39, 0.29) is 11.6 Å². The first-order valence-corrected chi connectivity index (χ1v) is 5.56. The van der Waals surface area contributed by atoms with E-state index in [1.165, 1.54) is 25.7 Å². The summed E-state index contributed by atoms with van der Waals surface area (Å²) in [5, 5.41) is 0. The van der Waals surface area contributed by atoms with Crippen LogP contribution in [0.15, 0.2) is 0 Å². The third kappa shape index (κ3) is 2.44. The van der Waals surface area contributed by atoms with E-state index >= 15 is 0 Å². The van der Waals surface area contributed by atoms with Gasteiger partial charge in [-0.15, -0.1) is 0 Å². The van der Waals surface area contributed by atoms with Crippen LogP contribution in [0.5, 0.6) is 0 Å². The molecular formula is C11H23NO. The van der Waals surface area contributed by atoms with Crippen LogP contribution in [0.4, 0.5) is 0 Å². The van der Waals surface area contributed by atoms with Crippen molar-refractivity contribution in [3.8, 4) is 0 Å². The number of hydrogen-bond donors (Lipinski definition) is 1. The molecule has 1 atom stereocenters. The van der Waals surface area contributed by atoms with Crippen LogP contribution in [0.3, 0.4) is 0 Å². The van der Waals surface area contributed by atoms with E-state index in [4.69, 9.17) is 10.5 Å². The van der Waals surface area contributed by atoms with Crippen molar-refractivity contribution >= 4 is 0 Å². The van der Waals surface area contributed by atoms with Crippen LogP contribution in [0.25, 0.3) is 0 Å². The molecule has 0 heterocycles. The lowest BCUT2D eigenvalue weighted by molar-refractivity contribution is -0.0917. The second-order valence-electron chi connectivity index (χ2n) is 4.22. The zero-order valence-corrected chi connectivity index (χ0v) is 9.01. The molecule has 0 bridgehead atoms. The highest BCUT2D eigenvalue weighted by Gasteiger charge is 2.42. The highest BCUT2D eigenvalue weighted by molar-refractivity contribution is 4.97. The Balaban J connectivity index is 2.24. The quantitative estimate of drug-likeness (QED) is 0.645. The van der Waals surface area contributed by atoms with Crippen molar-refractivity contribution in [2.24, 2.45) is 5.73 Å². The van der Waals surface area contributed by atoms with Crippen molar-refractivity contribution in [1.29, 1.82) is 0 Å². The molecule has 1 saturated carbocycles. The Morgan fingerprint density at radius 2 is 2.08 bits per heavy atom. The minimum absolute atomic E-state index is 0.0493. The zero-order chi connectivity index (χ0) is 9.73. The first-order chi connectivity index (χ1) is 6.25. The second-order valence-corrected chi connectivity index (χ2v) is 4.22. The molecule has 78 valence electrons. The molecule has 1 unspecified atom stereocenters. The highest BCUT2D eigenvalue weighted by atomic mass is 16.5. The third-order valence-corrected chi connectivity index (χ3v) is 3.40. The summed E-state index contributed by atoms with van der Waals surface area (Å²) in [6.07, 6.45) is 8.56. The van der Waals surface area contributed by atoms with Gasteiger partial charge in [0.2, 0.25) is 0 Å². The highest BCUT2D eigenvalue weighted by Crippen LogP contribution is 2.38. The van der Waals surface area contributed by atoms with Gasteiger partial charge in [-0.3, -0.25) is 0 Å². The number of hydrogen-bond acceptors (Lipinski definition) is 2. The molecule has 2 heteroatoms. The van der Waals surface area contributed by atoms with Crippen LogP contribution in [-0.2, 0) is 4.74 Å². The smallest absolute Gasteiger partial charge is 0.0828 e. The van der Waals surface area contributed by atoms with Gasteiger partial charge in [0.1, 0.15) is 0 Å². The molecule has 0 aliphatic heterocycles. The standard InChI is InChI=1S/C11H23NO/c1-3-4-5-7-10(12)11(13-2)8-6-9-11/h10H,3-9,12H2,1-2H3. The van der Waals surface area contributed by atoms with Gasteiger partial charge < -0.3 is 10.5 Å². The Morgan fingerprint density at radius 1 is 1.38 bits per heavy atom. The minimum atomic E-state index is 0.0493. The maximum Gasteiger partial charge on any atom is 0.0828 e. The third-order valence-electron chi connectivity index (χ3n) is 3.40. The molecule has 2 N–H and O–H groups in total. The normalized spacial score (nSPS) is 22.4. The molecule has 0 aromatic carbocycles. The number of methoxy groups -OCH3 is 1. The Kier molecular flexibility index (Phi) is 4.20. The van der Waals surface area contributed by atoms with Gasteiger partial charge in [-0.25, -0.2) is 0 Å². The van der Waals surface area contributed by atoms with Crippen molar-refractivity contribution in [3.63, 3.8) is 0 Å². The van der Waals surface area contributed by atoms with Crippen LogP contribution < -0.4 is 5.73 Å². The van der Waals surface area contributed by atoms with Gasteiger partial charge in [0, 0.05) is 13.2 Å². The lowest BCUT2D eigenvalue weighted by atomic mass is 9.73. The molecule has 1 aliphatic rings. The monoisotopic (exact) mass is 185 g/mol. The minimum Gasteiger partial charge on any atom is -0.377 e. The van der Waals surface area contributed by atoms with Crippen LogP contribution in [0, 0.1) is 0 Å². The summed E-state index contributed by atoms with van der Waals surface area (Å²) >= 11 is 0. The summed E-state index contributed by atoms with van der Waals surface area (Å²) in [6, 6.07) is 0.262. The molecular weight excluding hydrogens is 162 g/mol. The fourth-order valence-corrected chi connectivity index (χ4v) is 2.13. The Labute approximate surface area is 81.8 Å². The van der Waals surface area contributed by atoms with Gasteiger partial charge in [-0.1, -0.05) is 26.2 Å². The average Bonchev–Trinajstić information content (AvgIpc) is 2.04. The molecule has 0 spiro atoms. The van der Waals surface area contributed by atoms with E-state index in [1.54, 1.807) is 7.11 Å². The van der Waals surface area contributed by atoms with Gasteiger partial charge in [0.05, 0.1) is 5.60 Å². The van der Waals surface area contributed by atoms with Crippen molar-refractivity contribution in [3.05, 3.63) is 0 Å². The van der Waals surface area contributed by atoms with E-state index in [0.29, 0.717) is 0 Å². The fraction of sp³-hybridized carbons (Fsp3) is 1.00. The SMILES string of the molecule is CCCCCC(N)C1(OC)CCC1. The lowest BCUT2D eigenvalue weighted by Crippen LogP contribution is -2.54. The molecule has 1 aliphatic carbocycles. The largest absolute Gasteiger partial charge is 0.377 e. The van der Waals surface area contributed by atoms with E-state index < -0.39 is 0 Å². The van der Waals surface area contributed by atoms with E-state index in [0.717, 1.165) is 19.3 Å². The van der Waals surface area contributed by atoms with E-state index in [9.17, 15) is 0 Å². The summed E-state index contributed by atoms with van der Waals surface area (Å²) in [5.41, 5.74) is 6.19. The zero-order valence-electron chi connectivity index (χ0n) is 9.01. The van der Waals surface area contributed by atoms with Crippen molar-refractivity contribution in [2.75, 3.05) is 7.11 Å². The average molecular weight is 185 g/mol. The molecule has 2 nitrogen and oxygen atoms in total.